The van der Waals surface area contributed by atoms with Crippen LogP contribution in [-0.4, -0.2) is 42.4 Å². The van der Waals surface area contributed by atoms with Gasteiger partial charge in [-0.05, 0) is 19.1 Å². The van der Waals surface area contributed by atoms with E-state index in [2.05, 4.69) is 4.90 Å². The Morgan fingerprint density at radius 3 is 2.39 bits per heavy atom. The molecule has 18 heavy (non-hydrogen) atoms. The van der Waals surface area contributed by atoms with Crippen LogP contribution in [0, 0.1) is 0 Å². The molecule has 98 valence electrons. The highest BCUT2D eigenvalue weighted by molar-refractivity contribution is 6.33. The predicted octanol–water partition coefficient (Wildman–Crippen LogP) is 2.62. The van der Waals surface area contributed by atoms with Crippen LogP contribution in [0.25, 0.3) is 0 Å². The highest BCUT2D eigenvalue weighted by Gasteiger charge is 2.24. The Morgan fingerprint density at radius 2 is 1.83 bits per heavy atom. The summed E-state index contributed by atoms with van der Waals surface area (Å²) in [6, 6.07) is 7.78. The Bertz CT molecular complexity index is 429. The van der Waals surface area contributed by atoms with Gasteiger partial charge in [-0.15, -0.1) is 11.6 Å². The number of amides is 1. The molecule has 1 atom stereocenters. The minimum atomic E-state index is -0.447. The number of piperazine rings is 1. The van der Waals surface area contributed by atoms with Crippen LogP contribution in [0.4, 0.5) is 5.69 Å². The zero-order valence-corrected chi connectivity index (χ0v) is 11.8. The van der Waals surface area contributed by atoms with Gasteiger partial charge in [0, 0.05) is 26.2 Å². The molecule has 1 aliphatic heterocycles. The molecule has 3 nitrogen and oxygen atoms in total. The maximum absolute atomic E-state index is 11.8. The molecule has 0 radical (unpaired) electrons. The van der Waals surface area contributed by atoms with Crippen molar-refractivity contribution < 1.29 is 4.79 Å². The second kappa shape index (κ2) is 5.81. The first-order valence-corrected chi connectivity index (χ1v) is 6.83. The number of carbonyl (C=O) groups is 1. The van der Waals surface area contributed by atoms with Gasteiger partial charge in [0.2, 0.25) is 5.91 Å². The molecule has 0 saturated carbocycles. The molecule has 1 aromatic carbocycles. The van der Waals surface area contributed by atoms with E-state index < -0.39 is 5.38 Å². The van der Waals surface area contributed by atoms with Crippen molar-refractivity contribution in [3.8, 4) is 0 Å². The summed E-state index contributed by atoms with van der Waals surface area (Å²) in [5, 5.41) is 0.305. The largest absolute Gasteiger partial charge is 0.367 e. The first-order chi connectivity index (χ1) is 8.59. The third kappa shape index (κ3) is 2.90. The van der Waals surface area contributed by atoms with Crippen LogP contribution in [0.1, 0.15) is 6.92 Å². The van der Waals surface area contributed by atoms with E-state index in [1.807, 2.05) is 29.2 Å². The Hall–Kier alpha value is -0.930. The number of hydrogen-bond acceptors (Lipinski definition) is 2. The summed E-state index contributed by atoms with van der Waals surface area (Å²) < 4.78 is 0. The summed E-state index contributed by atoms with van der Waals surface area (Å²) in [6.07, 6.45) is 0. The normalized spacial score (nSPS) is 17.7. The third-order valence-electron chi connectivity index (χ3n) is 3.12. The van der Waals surface area contributed by atoms with Crippen LogP contribution in [-0.2, 0) is 4.79 Å². The van der Waals surface area contributed by atoms with Gasteiger partial charge in [0.05, 0.1) is 10.7 Å². The minimum Gasteiger partial charge on any atom is -0.367 e. The summed E-state index contributed by atoms with van der Waals surface area (Å²) >= 11 is 12.0. The van der Waals surface area contributed by atoms with Gasteiger partial charge >= 0.3 is 0 Å². The molecule has 5 heteroatoms. The van der Waals surface area contributed by atoms with Crippen molar-refractivity contribution in [3.63, 3.8) is 0 Å². The lowest BCUT2D eigenvalue weighted by atomic mass is 10.2. The molecule has 1 amide bonds. The van der Waals surface area contributed by atoms with Gasteiger partial charge in [-0.1, -0.05) is 23.7 Å². The SMILES string of the molecule is CC(Cl)C(=O)N1CCN(c2ccccc2Cl)CC1. The molecular weight excluding hydrogens is 271 g/mol. The van der Waals surface area contributed by atoms with Gasteiger partial charge in [-0.2, -0.15) is 0 Å². The molecule has 1 aliphatic rings. The van der Waals surface area contributed by atoms with Gasteiger partial charge in [-0.25, -0.2) is 0 Å². The maximum Gasteiger partial charge on any atom is 0.240 e. The van der Waals surface area contributed by atoms with E-state index in [1.165, 1.54) is 0 Å². The lowest BCUT2D eigenvalue weighted by Crippen LogP contribution is -2.50. The Kier molecular flexibility index (Phi) is 4.36. The summed E-state index contributed by atoms with van der Waals surface area (Å²) in [4.78, 5) is 15.8. The van der Waals surface area contributed by atoms with Crippen molar-refractivity contribution in [2.75, 3.05) is 31.1 Å². The number of carbonyl (C=O) groups excluding carboxylic acids is 1. The van der Waals surface area contributed by atoms with E-state index in [9.17, 15) is 4.79 Å². The first-order valence-electron chi connectivity index (χ1n) is 6.02. The molecular formula is C13H16Cl2N2O. The lowest BCUT2D eigenvalue weighted by Gasteiger charge is -2.36. The van der Waals surface area contributed by atoms with Gasteiger partial charge in [0.25, 0.3) is 0 Å². The molecule has 1 saturated heterocycles. The minimum absolute atomic E-state index is 0.00970. The molecule has 2 rings (SSSR count). The summed E-state index contributed by atoms with van der Waals surface area (Å²) in [7, 11) is 0. The van der Waals surface area contributed by atoms with Crippen LogP contribution in [0.15, 0.2) is 24.3 Å². The Balaban J connectivity index is 1.99. The van der Waals surface area contributed by atoms with Crippen molar-refractivity contribution in [3.05, 3.63) is 29.3 Å². The molecule has 0 aromatic heterocycles. The van der Waals surface area contributed by atoms with Gasteiger partial charge in [0.15, 0.2) is 0 Å². The fourth-order valence-electron chi connectivity index (χ4n) is 2.13. The van der Waals surface area contributed by atoms with Crippen LogP contribution in [0.2, 0.25) is 5.02 Å². The highest BCUT2D eigenvalue weighted by Crippen LogP contribution is 2.26. The molecule has 0 aliphatic carbocycles. The van der Waals surface area contributed by atoms with Crippen LogP contribution in [0.5, 0.6) is 0 Å². The first kappa shape index (κ1) is 13.5. The highest BCUT2D eigenvalue weighted by atomic mass is 35.5. The van der Waals surface area contributed by atoms with Gasteiger partial charge in [-0.3, -0.25) is 4.79 Å². The van der Waals surface area contributed by atoms with E-state index in [0.717, 1.165) is 23.8 Å². The van der Waals surface area contributed by atoms with Gasteiger partial charge < -0.3 is 9.80 Å². The average Bonchev–Trinajstić information content (AvgIpc) is 2.38. The van der Waals surface area contributed by atoms with Crippen molar-refractivity contribution in [1.82, 2.24) is 4.90 Å². The van der Waals surface area contributed by atoms with E-state index in [0.29, 0.717) is 13.1 Å². The third-order valence-corrected chi connectivity index (χ3v) is 3.63. The topological polar surface area (TPSA) is 23.6 Å². The molecule has 1 heterocycles. The Morgan fingerprint density at radius 1 is 1.22 bits per heavy atom. The summed E-state index contributed by atoms with van der Waals surface area (Å²) in [6.45, 7) is 4.69. The predicted molar refractivity (Wildman–Crippen MR) is 75.6 cm³/mol. The van der Waals surface area contributed by atoms with Crippen LogP contribution in [0.3, 0.4) is 0 Å². The summed E-state index contributed by atoms with van der Waals surface area (Å²) in [5.41, 5.74) is 1.03. The zero-order valence-electron chi connectivity index (χ0n) is 10.3. The van der Waals surface area contributed by atoms with E-state index in [1.54, 1.807) is 6.92 Å². The lowest BCUT2D eigenvalue weighted by molar-refractivity contribution is -0.130. The van der Waals surface area contributed by atoms with Crippen LogP contribution >= 0.6 is 23.2 Å². The number of hydrogen-bond donors (Lipinski definition) is 0. The molecule has 1 fully saturated rings. The number of alkyl halides is 1. The van der Waals surface area contributed by atoms with Crippen molar-refractivity contribution in [2.24, 2.45) is 0 Å². The average molecular weight is 287 g/mol. The fourth-order valence-corrected chi connectivity index (χ4v) is 2.52. The number of para-hydroxylation sites is 1. The number of halogens is 2. The number of nitrogens with zero attached hydrogens (tertiary/aromatic N) is 2. The molecule has 1 aromatic rings. The monoisotopic (exact) mass is 286 g/mol. The second-order valence-corrected chi connectivity index (χ2v) is 5.44. The van der Waals surface area contributed by atoms with Gasteiger partial charge in [0.1, 0.15) is 5.38 Å². The zero-order chi connectivity index (χ0) is 13.1. The van der Waals surface area contributed by atoms with Crippen molar-refractivity contribution >= 4 is 34.8 Å². The number of anilines is 1. The van der Waals surface area contributed by atoms with E-state index >= 15 is 0 Å². The smallest absolute Gasteiger partial charge is 0.240 e. The molecule has 0 bridgehead atoms. The molecule has 0 spiro atoms. The van der Waals surface area contributed by atoms with E-state index in [-0.39, 0.29) is 5.91 Å². The number of benzene rings is 1. The second-order valence-electron chi connectivity index (χ2n) is 4.38. The molecule has 0 N–H and O–H groups in total. The number of rotatable bonds is 2. The quantitative estimate of drug-likeness (QED) is 0.781. The fraction of sp³-hybridized carbons (Fsp3) is 0.462. The summed E-state index contributed by atoms with van der Waals surface area (Å²) in [5.74, 6) is 0.00970. The van der Waals surface area contributed by atoms with E-state index in [4.69, 9.17) is 23.2 Å². The standard InChI is InChI=1S/C13H16Cl2N2O/c1-10(14)13(18)17-8-6-16(7-9-17)12-5-3-2-4-11(12)15/h2-5,10H,6-9H2,1H3. The maximum atomic E-state index is 11.8. The Labute approximate surface area is 117 Å². The van der Waals surface area contributed by atoms with Crippen LogP contribution < -0.4 is 4.90 Å². The molecule has 1 unspecified atom stereocenters. The van der Waals surface area contributed by atoms with Crippen molar-refractivity contribution in [2.45, 2.75) is 12.3 Å². The van der Waals surface area contributed by atoms with Crippen molar-refractivity contribution in [1.29, 1.82) is 0 Å².